The Morgan fingerprint density at radius 3 is 3.00 bits per heavy atom. The third-order valence-corrected chi connectivity index (χ3v) is 2.56. The van der Waals surface area contributed by atoms with Gasteiger partial charge < -0.3 is 14.8 Å². The number of nitro groups is 1. The molecule has 1 unspecified atom stereocenters. The standard InChI is InChI=1S/C11H13FN2O4/c12-8-1-2-10(11(5-8)14(15)16)13-6-9-7-17-3-4-18-9/h1-2,5,9,13H,3-4,6-7H2. The van der Waals surface area contributed by atoms with Gasteiger partial charge in [-0.15, -0.1) is 0 Å². The highest BCUT2D eigenvalue weighted by atomic mass is 19.1. The molecule has 7 heteroatoms. The summed E-state index contributed by atoms with van der Waals surface area (Å²) in [5, 5.41) is 13.6. The number of ether oxygens (including phenoxy) is 2. The minimum Gasteiger partial charge on any atom is -0.377 e. The van der Waals surface area contributed by atoms with Gasteiger partial charge >= 0.3 is 0 Å². The summed E-state index contributed by atoms with van der Waals surface area (Å²) < 4.78 is 23.5. The number of benzene rings is 1. The first kappa shape index (κ1) is 12.7. The number of nitrogens with zero attached hydrogens (tertiary/aromatic N) is 1. The largest absolute Gasteiger partial charge is 0.377 e. The molecule has 1 N–H and O–H groups in total. The summed E-state index contributed by atoms with van der Waals surface area (Å²) >= 11 is 0. The maximum Gasteiger partial charge on any atom is 0.295 e. The second kappa shape index (κ2) is 5.74. The van der Waals surface area contributed by atoms with Crippen molar-refractivity contribution in [2.45, 2.75) is 6.10 Å². The molecule has 18 heavy (non-hydrogen) atoms. The van der Waals surface area contributed by atoms with E-state index >= 15 is 0 Å². The molecule has 0 aromatic heterocycles. The summed E-state index contributed by atoms with van der Waals surface area (Å²) in [7, 11) is 0. The lowest BCUT2D eigenvalue weighted by Gasteiger charge is -2.23. The van der Waals surface area contributed by atoms with Gasteiger partial charge in [0.25, 0.3) is 5.69 Å². The van der Waals surface area contributed by atoms with Gasteiger partial charge in [0.05, 0.1) is 36.9 Å². The fraction of sp³-hybridized carbons (Fsp3) is 0.455. The molecule has 1 fully saturated rings. The Balaban J connectivity index is 2.01. The average Bonchev–Trinajstić information content (AvgIpc) is 2.38. The summed E-state index contributed by atoms with van der Waals surface area (Å²) in [5.74, 6) is -0.635. The number of rotatable bonds is 4. The molecule has 1 heterocycles. The predicted octanol–water partition coefficient (Wildman–Crippen LogP) is 1.56. The highest BCUT2D eigenvalue weighted by Gasteiger charge is 2.18. The Hall–Kier alpha value is -1.73. The van der Waals surface area contributed by atoms with E-state index < -0.39 is 10.7 Å². The van der Waals surface area contributed by atoms with Crippen molar-refractivity contribution in [1.82, 2.24) is 0 Å². The van der Waals surface area contributed by atoms with Crippen LogP contribution in [0.4, 0.5) is 15.8 Å². The van der Waals surface area contributed by atoms with Gasteiger partial charge in [-0.1, -0.05) is 0 Å². The van der Waals surface area contributed by atoms with Crippen LogP contribution < -0.4 is 5.32 Å². The molecule has 1 aliphatic rings. The summed E-state index contributed by atoms with van der Waals surface area (Å²) in [6.45, 7) is 1.90. The summed E-state index contributed by atoms with van der Waals surface area (Å²) in [4.78, 5) is 10.1. The van der Waals surface area contributed by atoms with Gasteiger partial charge in [0.15, 0.2) is 0 Å². The quantitative estimate of drug-likeness (QED) is 0.653. The molecule has 0 amide bonds. The van der Waals surface area contributed by atoms with E-state index in [0.717, 1.165) is 6.07 Å². The average molecular weight is 256 g/mol. The third-order valence-electron chi connectivity index (χ3n) is 2.56. The van der Waals surface area contributed by atoms with Crippen LogP contribution >= 0.6 is 0 Å². The first-order valence-electron chi connectivity index (χ1n) is 5.54. The fourth-order valence-corrected chi connectivity index (χ4v) is 1.68. The molecule has 1 aromatic carbocycles. The predicted molar refractivity (Wildman–Crippen MR) is 62.1 cm³/mol. The Bertz CT molecular complexity index is 435. The van der Waals surface area contributed by atoms with Gasteiger partial charge in [0, 0.05) is 6.54 Å². The van der Waals surface area contributed by atoms with Crippen LogP contribution in [0.2, 0.25) is 0 Å². The first-order valence-corrected chi connectivity index (χ1v) is 5.54. The zero-order chi connectivity index (χ0) is 13.0. The SMILES string of the molecule is O=[N+]([O-])c1cc(F)ccc1NCC1COCCO1. The van der Waals surface area contributed by atoms with Crippen molar-refractivity contribution in [2.75, 3.05) is 31.7 Å². The van der Waals surface area contributed by atoms with Crippen LogP contribution in [0.1, 0.15) is 0 Å². The maximum atomic E-state index is 12.9. The topological polar surface area (TPSA) is 73.6 Å². The van der Waals surface area contributed by atoms with Crippen LogP contribution in [0, 0.1) is 15.9 Å². The van der Waals surface area contributed by atoms with E-state index in [2.05, 4.69) is 5.32 Å². The smallest absolute Gasteiger partial charge is 0.295 e. The van der Waals surface area contributed by atoms with Crippen LogP contribution in [0.25, 0.3) is 0 Å². The molecule has 0 bridgehead atoms. The summed E-state index contributed by atoms with van der Waals surface area (Å²) in [6, 6.07) is 3.41. The highest BCUT2D eigenvalue weighted by Crippen LogP contribution is 2.25. The van der Waals surface area contributed by atoms with Crippen LogP contribution in [-0.2, 0) is 9.47 Å². The lowest BCUT2D eigenvalue weighted by atomic mass is 10.2. The molecular weight excluding hydrogens is 243 g/mol. The highest BCUT2D eigenvalue weighted by molar-refractivity contribution is 5.61. The van der Waals surface area contributed by atoms with E-state index in [1.54, 1.807) is 0 Å². The van der Waals surface area contributed by atoms with Gasteiger partial charge in [-0.25, -0.2) is 4.39 Å². The summed E-state index contributed by atoms with van der Waals surface area (Å²) in [6.07, 6.45) is -0.150. The number of hydrogen-bond donors (Lipinski definition) is 1. The molecule has 0 saturated carbocycles. The molecule has 2 rings (SSSR count). The van der Waals surface area contributed by atoms with Gasteiger partial charge in [-0.05, 0) is 12.1 Å². The zero-order valence-electron chi connectivity index (χ0n) is 9.60. The van der Waals surface area contributed by atoms with Crippen molar-refractivity contribution in [3.05, 3.63) is 34.1 Å². The molecule has 0 aliphatic carbocycles. The zero-order valence-corrected chi connectivity index (χ0v) is 9.60. The second-order valence-corrected chi connectivity index (χ2v) is 3.87. The Morgan fingerprint density at radius 1 is 1.50 bits per heavy atom. The maximum absolute atomic E-state index is 12.9. The van der Waals surface area contributed by atoms with E-state index in [1.165, 1.54) is 12.1 Å². The Labute approximate surface area is 103 Å². The van der Waals surface area contributed by atoms with Gasteiger partial charge in [0.1, 0.15) is 11.5 Å². The first-order chi connectivity index (χ1) is 8.66. The minimum atomic E-state index is -0.635. The lowest BCUT2D eigenvalue weighted by molar-refractivity contribution is -0.384. The Kier molecular flexibility index (Phi) is 4.06. The molecule has 1 saturated heterocycles. The molecule has 98 valence electrons. The number of nitro benzene ring substituents is 1. The number of halogens is 1. The van der Waals surface area contributed by atoms with Crippen molar-refractivity contribution < 1.29 is 18.8 Å². The van der Waals surface area contributed by atoms with Crippen molar-refractivity contribution in [1.29, 1.82) is 0 Å². The van der Waals surface area contributed by atoms with Crippen LogP contribution in [0.15, 0.2) is 18.2 Å². The van der Waals surface area contributed by atoms with Crippen LogP contribution in [-0.4, -0.2) is 37.4 Å². The fourth-order valence-electron chi connectivity index (χ4n) is 1.68. The van der Waals surface area contributed by atoms with Crippen molar-refractivity contribution >= 4 is 11.4 Å². The second-order valence-electron chi connectivity index (χ2n) is 3.87. The van der Waals surface area contributed by atoms with Gasteiger partial charge in [-0.2, -0.15) is 0 Å². The minimum absolute atomic E-state index is 0.150. The van der Waals surface area contributed by atoms with Gasteiger partial charge in [-0.3, -0.25) is 10.1 Å². The molecule has 0 radical (unpaired) electrons. The van der Waals surface area contributed by atoms with E-state index in [1.807, 2.05) is 0 Å². The van der Waals surface area contributed by atoms with Crippen molar-refractivity contribution in [2.24, 2.45) is 0 Å². The van der Waals surface area contributed by atoms with E-state index in [0.29, 0.717) is 26.4 Å². The monoisotopic (exact) mass is 256 g/mol. The molecular formula is C11H13FN2O4. The molecule has 0 spiro atoms. The van der Waals surface area contributed by atoms with Crippen molar-refractivity contribution in [3.63, 3.8) is 0 Å². The Morgan fingerprint density at radius 2 is 2.33 bits per heavy atom. The van der Waals surface area contributed by atoms with E-state index in [4.69, 9.17) is 9.47 Å². The number of hydrogen-bond acceptors (Lipinski definition) is 5. The van der Waals surface area contributed by atoms with Crippen LogP contribution in [0.3, 0.4) is 0 Å². The van der Waals surface area contributed by atoms with Gasteiger partial charge in [0.2, 0.25) is 0 Å². The van der Waals surface area contributed by atoms with Crippen molar-refractivity contribution in [3.8, 4) is 0 Å². The molecule has 1 aliphatic heterocycles. The molecule has 6 nitrogen and oxygen atoms in total. The normalized spacial score (nSPS) is 19.5. The number of anilines is 1. The van der Waals surface area contributed by atoms with E-state index in [-0.39, 0.29) is 17.5 Å². The van der Waals surface area contributed by atoms with Crippen LogP contribution in [0.5, 0.6) is 0 Å². The third kappa shape index (κ3) is 3.14. The molecule has 1 atom stereocenters. The summed E-state index contributed by atoms with van der Waals surface area (Å²) in [5.41, 5.74) is -0.0118. The lowest BCUT2D eigenvalue weighted by Crippen LogP contribution is -2.34. The number of nitrogens with one attached hydrogen (secondary N) is 1. The van der Waals surface area contributed by atoms with E-state index in [9.17, 15) is 14.5 Å². The molecule has 1 aromatic rings.